The van der Waals surface area contributed by atoms with Gasteiger partial charge in [-0.25, -0.2) is 0 Å². The van der Waals surface area contributed by atoms with Crippen LogP contribution in [0.3, 0.4) is 0 Å². The van der Waals surface area contributed by atoms with Crippen LogP contribution in [0.1, 0.15) is 27.7 Å². The fourth-order valence-electron chi connectivity index (χ4n) is 2.12. The van der Waals surface area contributed by atoms with Gasteiger partial charge in [0.2, 0.25) is 0 Å². The third-order valence-corrected chi connectivity index (χ3v) is 4.14. The van der Waals surface area contributed by atoms with Gasteiger partial charge < -0.3 is 10.0 Å². The lowest BCUT2D eigenvalue weighted by molar-refractivity contribution is 0.0712. The van der Waals surface area contributed by atoms with Gasteiger partial charge in [-0.2, -0.15) is 0 Å². The number of hydrogen-bond acceptors (Lipinski definition) is 3. The molecule has 1 amide bonds. The monoisotopic (exact) mass is 289 g/mol. The Hall–Kier alpha value is -1.65. The topological polar surface area (TPSA) is 40.5 Å². The normalized spacial score (nSPS) is 10.5. The fourth-order valence-corrected chi connectivity index (χ4v) is 3.08. The Kier molecular flexibility index (Phi) is 5.32. The Morgan fingerprint density at radius 3 is 2.65 bits per heavy atom. The first-order chi connectivity index (χ1) is 9.76. The van der Waals surface area contributed by atoms with Gasteiger partial charge in [0, 0.05) is 13.1 Å². The van der Waals surface area contributed by atoms with Crippen LogP contribution in [0.25, 0.3) is 0 Å². The summed E-state index contributed by atoms with van der Waals surface area (Å²) < 4.78 is 0. The highest BCUT2D eigenvalue weighted by atomic mass is 32.1. The van der Waals surface area contributed by atoms with Gasteiger partial charge in [0.15, 0.2) is 0 Å². The lowest BCUT2D eigenvalue weighted by Gasteiger charge is -2.22. The van der Waals surface area contributed by atoms with Gasteiger partial charge in [0.1, 0.15) is 0 Å². The molecule has 0 saturated carbocycles. The average molecular weight is 289 g/mol. The molecule has 0 aliphatic carbocycles. The molecule has 0 radical (unpaired) electrons. The second kappa shape index (κ2) is 7.22. The lowest BCUT2D eigenvalue weighted by atomic mass is 10.1. The van der Waals surface area contributed by atoms with Crippen molar-refractivity contribution in [2.24, 2.45) is 0 Å². The van der Waals surface area contributed by atoms with Crippen molar-refractivity contribution in [2.45, 2.75) is 19.9 Å². The summed E-state index contributed by atoms with van der Waals surface area (Å²) in [6.45, 7) is 2.91. The third kappa shape index (κ3) is 3.46. The number of aliphatic hydroxyl groups is 1. The van der Waals surface area contributed by atoms with Crippen molar-refractivity contribution >= 4 is 17.2 Å². The molecule has 0 spiro atoms. The Morgan fingerprint density at radius 1 is 1.25 bits per heavy atom. The highest BCUT2D eigenvalue weighted by molar-refractivity contribution is 7.12. The molecule has 106 valence electrons. The fraction of sp³-hybridized carbons (Fsp3) is 0.312. The minimum atomic E-state index is -0.0224. The molecule has 0 bridgehead atoms. The summed E-state index contributed by atoms with van der Waals surface area (Å²) in [6.07, 6.45) is 0.850. The molecule has 0 unspecified atom stereocenters. The van der Waals surface area contributed by atoms with Crippen molar-refractivity contribution in [3.63, 3.8) is 0 Å². The molecular formula is C16H19NO2S. The lowest BCUT2D eigenvalue weighted by Crippen LogP contribution is -2.33. The summed E-state index contributed by atoms with van der Waals surface area (Å²) in [5.41, 5.74) is 2.15. The average Bonchev–Trinajstić information content (AvgIpc) is 2.95. The summed E-state index contributed by atoms with van der Waals surface area (Å²) in [6, 6.07) is 11.9. The Bertz CT molecular complexity index is 551. The van der Waals surface area contributed by atoms with Gasteiger partial charge in [0.05, 0.1) is 11.5 Å². The number of aliphatic hydroxyl groups excluding tert-OH is 1. The van der Waals surface area contributed by atoms with Gasteiger partial charge in [-0.3, -0.25) is 4.79 Å². The molecule has 0 atom stereocenters. The van der Waals surface area contributed by atoms with E-state index in [1.165, 1.54) is 11.3 Å². The molecule has 0 aliphatic heterocycles. The first-order valence-corrected chi connectivity index (χ1v) is 7.64. The highest BCUT2D eigenvalue weighted by Gasteiger charge is 2.19. The molecule has 0 aliphatic rings. The zero-order chi connectivity index (χ0) is 14.4. The smallest absolute Gasteiger partial charge is 0.264 e. The van der Waals surface area contributed by atoms with Crippen LogP contribution < -0.4 is 0 Å². The SMILES string of the molecule is CCc1ccsc1C(=O)N(CCO)Cc1ccccc1. The zero-order valence-electron chi connectivity index (χ0n) is 11.6. The number of hydrogen-bond donors (Lipinski definition) is 1. The van der Waals surface area contributed by atoms with E-state index in [2.05, 4.69) is 0 Å². The first-order valence-electron chi connectivity index (χ1n) is 6.76. The van der Waals surface area contributed by atoms with E-state index in [-0.39, 0.29) is 12.5 Å². The summed E-state index contributed by atoms with van der Waals surface area (Å²) in [5.74, 6) is 0.00903. The second-order valence-electron chi connectivity index (χ2n) is 4.56. The molecule has 0 saturated heterocycles. The molecule has 1 N–H and O–H groups in total. The Balaban J connectivity index is 2.18. The molecular weight excluding hydrogens is 270 g/mol. The summed E-state index contributed by atoms with van der Waals surface area (Å²) in [7, 11) is 0. The first kappa shape index (κ1) is 14.8. The quantitative estimate of drug-likeness (QED) is 0.888. The van der Waals surface area contributed by atoms with E-state index in [0.717, 1.165) is 22.4 Å². The minimum absolute atomic E-state index is 0.00903. The molecule has 20 heavy (non-hydrogen) atoms. The van der Waals surface area contributed by atoms with E-state index >= 15 is 0 Å². The van der Waals surface area contributed by atoms with Gasteiger partial charge in [-0.15, -0.1) is 11.3 Å². The number of nitrogens with zero attached hydrogens (tertiary/aromatic N) is 1. The van der Waals surface area contributed by atoms with Crippen molar-refractivity contribution < 1.29 is 9.90 Å². The van der Waals surface area contributed by atoms with E-state index in [0.29, 0.717) is 13.1 Å². The number of amides is 1. The van der Waals surface area contributed by atoms with Gasteiger partial charge in [-0.1, -0.05) is 37.3 Å². The maximum absolute atomic E-state index is 12.6. The van der Waals surface area contributed by atoms with Crippen LogP contribution >= 0.6 is 11.3 Å². The van der Waals surface area contributed by atoms with Crippen molar-refractivity contribution in [3.05, 3.63) is 57.8 Å². The van der Waals surface area contributed by atoms with Crippen LogP contribution in [-0.4, -0.2) is 29.1 Å². The number of benzene rings is 1. The molecule has 2 rings (SSSR count). The van der Waals surface area contributed by atoms with Gasteiger partial charge in [-0.05, 0) is 29.0 Å². The molecule has 4 heteroatoms. The van der Waals surface area contributed by atoms with E-state index in [1.54, 1.807) is 4.90 Å². The number of carbonyl (C=O) groups excluding carboxylic acids is 1. The summed E-state index contributed by atoms with van der Waals surface area (Å²) in [5, 5.41) is 11.1. The molecule has 1 aromatic heterocycles. The highest BCUT2D eigenvalue weighted by Crippen LogP contribution is 2.20. The van der Waals surface area contributed by atoms with Crippen molar-refractivity contribution in [2.75, 3.05) is 13.2 Å². The largest absolute Gasteiger partial charge is 0.395 e. The van der Waals surface area contributed by atoms with Crippen LogP contribution in [0.5, 0.6) is 0 Å². The van der Waals surface area contributed by atoms with E-state index in [1.807, 2.05) is 48.7 Å². The second-order valence-corrected chi connectivity index (χ2v) is 5.48. The summed E-state index contributed by atoms with van der Waals surface area (Å²) >= 11 is 1.47. The minimum Gasteiger partial charge on any atom is -0.395 e. The molecule has 3 nitrogen and oxygen atoms in total. The maximum atomic E-state index is 12.6. The number of rotatable bonds is 6. The molecule has 0 fully saturated rings. The van der Waals surface area contributed by atoms with Crippen LogP contribution in [0.2, 0.25) is 0 Å². The molecule has 1 aromatic carbocycles. The van der Waals surface area contributed by atoms with Gasteiger partial charge in [0.25, 0.3) is 5.91 Å². The predicted octanol–water partition coefficient (Wildman–Crippen LogP) is 2.95. The van der Waals surface area contributed by atoms with Crippen molar-refractivity contribution in [3.8, 4) is 0 Å². The van der Waals surface area contributed by atoms with Crippen LogP contribution in [0, 0.1) is 0 Å². The maximum Gasteiger partial charge on any atom is 0.264 e. The standard InChI is InChI=1S/C16H19NO2S/c1-2-14-8-11-20-15(14)16(19)17(9-10-18)12-13-6-4-3-5-7-13/h3-8,11,18H,2,9-10,12H2,1H3. The van der Waals surface area contributed by atoms with E-state index in [4.69, 9.17) is 0 Å². The van der Waals surface area contributed by atoms with Gasteiger partial charge >= 0.3 is 0 Å². The number of thiophene rings is 1. The van der Waals surface area contributed by atoms with E-state index < -0.39 is 0 Å². The Morgan fingerprint density at radius 2 is 2.00 bits per heavy atom. The Labute approximate surface area is 123 Å². The predicted molar refractivity (Wildman–Crippen MR) is 82.0 cm³/mol. The summed E-state index contributed by atoms with van der Waals surface area (Å²) in [4.78, 5) is 15.1. The third-order valence-electron chi connectivity index (χ3n) is 3.20. The van der Waals surface area contributed by atoms with Crippen LogP contribution in [0.4, 0.5) is 0 Å². The van der Waals surface area contributed by atoms with Crippen LogP contribution in [-0.2, 0) is 13.0 Å². The zero-order valence-corrected chi connectivity index (χ0v) is 12.4. The number of aryl methyl sites for hydroxylation is 1. The van der Waals surface area contributed by atoms with Crippen molar-refractivity contribution in [1.29, 1.82) is 0 Å². The molecule has 2 aromatic rings. The number of carbonyl (C=O) groups is 1. The van der Waals surface area contributed by atoms with E-state index in [9.17, 15) is 9.90 Å². The molecule has 1 heterocycles. The van der Waals surface area contributed by atoms with Crippen molar-refractivity contribution in [1.82, 2.24) is 4.90 Å². The van der Waals surface area contributed by atoms with Crippen LogP contribution in [0.15, 0.2) is 41.8 Å².